The zero-order valence-corrected chi connectivity index (χ0v) is 13.1. The fourth-order valence-corrected chi connectivity index (χ4v) is 3.17. The van der Waals surface area contributed by atoms with Crippen LogP contribution < -0.4 is 0 Å². The van der Waals surface area contributed by atoms with Crippen LogP contribution in [0, 0.1) is 6.92 Å². The van der Waals surface area contributed by atoms with E-state index in [0.29, 0.717) is 5.92 Å². The Labute approximate surface area is 134 Å². The van der Waals surface area contributed by atoms with Crippen molar-refractivity contribution in [3.05, 3.63) is 47.7 Å². The number of hydrogen-bond acceptors (Lipinski definition) is 6. The van der Waals surface area contributed by atoms with Crippen LogP contribution in [0.1, 0.15) is 35.8 Å². The molecule has 118 valence electrons. The molecule has 3 aromatic rings. The van der Waals surface area contributed by atoms with Crippen molar-refractivity contribution in [1.82, 2.24) is 34.9 Å². The molecule has 0 aromatic carbocycles. The summed E-state index contributed by atoms with van der Waals surface area (Å²) in [6.45, 7) is 5.02. The molecule has 0 aliphatic carbocycles. The highest BCUT2D eigenvalue weighted by atomic mass is 15.4. The first-order valence-electron chi connectivity index (χ1n) is 7.96. The molecule has 4 heterocycles. The average Bonchev–Trinajstić information content (AvgIpc) is 2.99. The van der Waals surface area contributed by atoms with Gasteiger partial charge in [0.25, 0.3) is 0 Å². The molecule has 0 amide bonds. The molecule has 7 nitrogen and oxygen atoms in total. The summed E-state index contributed by atoms with van der Waals surface area (Å²) in [6.07, 6.45) is 5.74. The lowest BCUT2D eigenvalue weighted by molar-refractivity contribution is 0.200. The molecule has 0 unspecified atom stereocenters. The first-order valence-corrected chi connectivity index (χ1v) is 7.96. The molecule has 1 aliphatic heterocycles. The van der Waals surface area contributed by atoms with Crippen LogP contribution in [-0.2, 0) is 6.54 Å². The average molecular weight is 309 g/mol. The summed E-state index contributed by atoms with van der Waals surface area (Å²) in [6, 6.07) is 5.97. The molecule has 3 aromatic heterocycles. The Bertz CT molecular complexity index is 791. The van der Waals surface area contributed by atoms with Gasteiger partial charge in [0, 0.05) is 18.7 Å². The third kappa shape index (κ3) is 2.92. The van der Waals surface area contributed by atoms with Crippen LogP contribution in [0.25, 0.3) is 5.65 Å². The van der Waals surface area contributed by atoms with E-state index in [2.05, 4.69) is 30.4 Å². The van der Waals surface area contributed by atoms with Gasteiger partial charge in [-0.25, -0.2) is 0 Å². The molecular formula is C16H19N7. The number of aryl methyl sites for hydroxylation is 1. The monoisotopic (exact) mass is 309 g/mol. The van der Waals surface area contributed by atoms with Crippen LogP contribution in [0.5, 0.6) is 0 Å². The molecule has 7 heteroatoms. The first-order chi connectivity index (χ1) is 11.3. The van der Waals surface area contributed by atoms with Gasteiger partial charge in [-0.05, 0) is 56.6 Å². The standard InChI is InChI=1S/C16H19N7/c1-12-2-3-15-19-20-16(23(15)21-12)14-5-8-22(9-6-14)11-13-4-7-17-18-10-13/h2-4,7,10,14H,5-6,8-9,11H2,1H3. The summed E-state index contributed by atoms with van der Waals surface area (Å²) in [7, 11) is 0. The maximum Gasteiger partial charge on any atom is 0.177 e. The largest absolute Gasteiger partial charge is 0.299 e. The van der Waals surface area contributed by atoms with Crippen molar-refractivity contribution in [3.8, 4) is 0 Å². The maximum atomic E-state index is 4.56. The number of hydrogen-bond donors (Lipinski definition) is 0. The summed E-state index contributed by atoms with van der Waals surface area (Å²) < 4.78 is 1.91. The van der Waals surface area contributed by atoms with Crippen molar-refractivity contribution in [1.29, 1.82) is 0 Å². The van der Waals surface area contributed by atoms with Crippen LogP contribution in [0.2, 0.25) is 0 Å². The lowest BCUT2D eigenvalue weighted by Crippen LogP contribution is -2.33. The summed E-state index contributed by atoms with van der Waals surface area (Å²) in [5, 5.41) is 21.0. The second-order valence-corrected chi connectivity index (χ2v) is 6.10. The van der Waals surface area contributed by atoms with Crippen LogP contribution in [0.3, 0.4) is 0 Å². The molecule has 0 N–H and O–H groups in total. The Hall–Kier alpha value is -2.41. The maximum absolute atomic E-state index is 4.56. The Morgan fingerprint density at radius 1 is 1.09 bits per heavy atom. The molecule has 0 atom stereocenters. The highest BCUT2D eigenvalue weighted by Crippen LogP contribution is 2.27. The third-order valence-electron chi connectivity index (χ3n) is 4.42. The van der Waals surface area contributed by atoms with Crippen LogP contribution in [0.4, 0.5) is 0 Å². The SMILES string of the molecule is Cc1ccc2nnc(C3CCN(Cc4ccnnc4)CC3)n2n1. The number of piperidine rings is 1. The quantitative estimate of drug-likeness (QED) is 0.732. The molecule has 0 radical (unpaired) electrons. The molecule has 4 rings (SSSR count). The zero-order valence-electron chi connectivity index (χ0n) is 13.1. The van der Waals surface area contributed by atoms with Gasteiger partial charge >= 0.3 is 0 Å². The topological polar surface area (TPSA) is 72.1 Å². The second kappa shape index (κ2) is 6.00. The van der Waals surface area contributed by atoms with E-state index in [1.807, 2.05) is 35.8 Å². The molecular weight excluding hydrogens is 290 g/mol. The van der Waals surface area contributed by atoms with Crippen molar-refractivity contribution >= 4 is 5.65 Å². The van der Waals surface area contributed by atoms with E-state index in [9.17, 15) is 0 Å². The minimum atomic E-state index is 0.422. The van der Waals surface area contributed by atoms with Gasteiger partial charge in [0.2, 0.25) is 0 Å². The highest BCUT2D eigenvalue weighted by Gasteiger charge is 2.25. The number of fused-ring (bicyclic) bond motifs is 1. The Balaban J connectivity index is 1.45. The summed E-state index contributed by atoms with van der Waals surface area (Å²) in [5.74, 6) is 1.42. The highest BCUT2D eigenvalue weighted by molar-refractivity contribution is 5.36. The van der Waals surface area contributed by atoms with Crippen molar-refractivity contribution in [2.45, 2.75) is 32.2 Å². The lowest BCUT2D eigenvalue weighted by atomic mass is 9.96. The lowest BCUT2D eigenvalue weighted by Gasteiger charge is -2.30. The predicted octanol–water partition coefficient (Wildman–Crippen LogP) is 1.60. The van der Waals surface area contributed by atoms with Gasteiger partial charge in [0.1, 0.15) is 0 Å². The molecule has 1 fully saturated rings. The van der Waals surface area contributed by atoms with E-state index in [1.54, 1.807) is 6.20 Å². The minimum Gasteiger partial charge on any atom is -0.299 e. The van der Waals surface area contributed by atoms with Crippen LogP contribution >= 0.6 is 0 Å². The molecule has 1 aliphatic rings. The van der Waals surface area contributed by atoms with Crippen LogP contribution in [0.15, 0.2) is 30.6 Å². The summed E-state index contributed by atoms with van der Waals surface area (Å²) in [5.41, 5.74) is 3.03. The molecule has 0 saturated carbocycles. The van der Waals surface area contributed by atoms with Gasteiger partial charge in [-0.2, -0.15) is 19.8 Å². The van der Waals surface area contributed by atoms with Gasteiger partial charge in [-0.3, -0.25) is 4.90 Å². The number of likely N-dealkylation sites (tertiary alicyclic amines) is 1. The zero-order chi connectivity index (χ0) is 15.6. The van der Waals surface area contributed by atoms with Crippen molar-refractivity contribution < 1.29 is 0 Å². The predicted molar refractivity (Wildman–Crippen MR) is 84.8 cm³/mol. The van der Waals surface area contributed by atoms with Gasteiger partial charge < -0.3 is 0 Å². The van der Waals surface area contributed by atoms with Gasteiger partial charge in [0.05, 0.1) is 11.9 Å². The van der Waals surface area contributed by atoms with Crippen molar-refractivity contribution in [2.24, 2.45) is 0 Å². The number of nitrogens with zero attached hydrogens (tertiary/aromatic N) is 7. The normalized spacial score (nSPS) is 16.9. The van der Waals surface area contributed by atoms with Gasteiger partial charge in [-0.1, -0.05) is 0 Å². The molecule has 0 spiro atoms. The van der Waals surface area contributed by atoms with Crippen molar-refractivity contribution in [2.75, 3.05) is 13.1 Å². The molecule has 0 bridgehead atoms. The minimum absolute atomic E-state index is 0.422. The third-order valence-corrected chi connectivity index (χ3v) is 4.42. The smallest absolute Gasteiger partial charge is 0.177 e. The van der Waals surface area contributed by atoms with E-state index in [1.165, 1.54) is 5.56 Å². The summed E-state index contributed by atoms with van der Waals surface area (Å²) >= 11 is 0. The fraction of sp³-hybridized carbons (Fsp3) is 0.438. The summed E-state index contributed by atoms with van der Waals surface area (Å²) in [4.78, 5) is 2.45. The fourth-order valence-electron chi connectivity index (χ4n) is 3.17. The van der Waals surface area contributed by atoms with Gasteiger partial charge in [0.15, 0.2) is 11.5 Å². The second-order valence-electron chi connectivity index (χ2n) is 6.10. The van der Waals surface area contributed by atoms with E-state index in [0.717, 1.165) is 49.6 Å². The number of rotatable bonds is 3. The number of aromatic nitrogens is 6. The van der Waals surface area contributed by atoms with E-state index < -0.39 is 0 Å². The Morgan fingerprint density at radius 2 is 1.96 bits per heavy atom. The molecule has 23 heavy (non-hydrogen) atoms. The Morgan fingerprint density at radius 3 is 2.74 bits per heavy atom. The van der Waals surface area contributed by atoms with Crippen LogP contribution in [-0.4, -0.2) is 48.0 Å². The van der Waals surface area contributed by atoms with E-state index >= 15 is 0 Å². The first kappa shape index (κ1) is 14.2. The van der Waals surface area contributed by atoms with E-state index in [4.69, 9.17) is 0 Å². The van der Waals surface area contributed by atoms with Gasteiger partial charge in [-0.15, -0.1) is 10.2 Å². The molecule has 1 saturated heterocycles. The van der Waals surface area contributed by atoms with E-state index in [-0.39, 0.29) is 0 Å². The Kier molecular flexibility index (Phi) is 3.70. The van der Waals surface area contributed by atoms with Crippen molar-refractivity contribution in [3.63, 3.8) is 0 Å².